The highest BCUT2D eigenvalue weighted by atomic mass is 19.1. The molecule has 1 fully saturated rings. The van der Waals surface area contributed by atoms with Crippen molar-refractivity contribution in [2.24, 2.45) is 4.99 Å². The van der Waals surface area contributed by atoms with Crippen LogP contribution >= 0.6 is 0 Å². The highest BCUT2D eigenvalue weighted by Crippen LogP contribution is 2.20. The van der Waals surface area contributed by atoms with Crippen molar-refractivity contribution in [2.75, 3.05) is 25.0 Å². The first-order valence-corrected chi connectivity index (χ1v) is 8.45. The van der Waals surface area contributed by atoms with Gasteiger partial charge in [-0.3, -0.25) is 4.99 Å². The van der Waals surface area contributed by atoms with E-state index in [1.807, 2.05) is 24.8 Å². The monoisotopic (exact) mass is 345 g/mol. The van der Waals surface area contributed by atoms with Gasteiger partial charge in [0.1, 0.15) is 11.5 Å². The van der Waals surface area contributed by atoms with E-state index >= 15 is 0 Å². The number of guanidine groups is 1. The third-order valence-corrected chi connectivity index (χ3v) is 4.38. The Balaban J connectivity index is 1.54. The zero-order chi connectivity index (χ0) is 17.8. The summed E-state index contributed by atoms with van der Waals surface area (Å²) in [6.07, 6.45) is 2.52. The first-order valence-electron chi connectivity index (χ1n) is 8.45. The highest BCUT2D eigenvalue weighted by Gasteiger charge is 2.25. The van der Waals surface area contributed by atoms with Crippen molar-refractivity contribution in [1.29, 1.82) is 0 Å². The summed E-state index contributed by atoms with van der Waals surface area (Å²) in [6.45, 7) is 6.00. The molecule has 0 aliphatic carbocycles. The van der Waals surface area contributed by atoms with Gasteiger partial charge in [-0.1, -0.05) is 0 Å². The molecule has 0 radical (unpaired) electrons. The molecule has 0 aromatic carbocycles. The van der Waals surface area contributed by atoms with Gasteiger partial charge in [0.15, 0.2) is 17.6 Å². The lowest BCUT2D eigenvalue weighted by molar-refractivity contribution is 0.500. The summed E-state index contributed by atoms with van der Waals surface area (Å²) in [5, 5.41) is 6.70. The summed E-state index contributed by atoms with van der Waals surface area (Å²) >= 11 is 0. The molecular weight excluding hydrogens is 321 g/mol. The molecule has 6 nitrogen and oxygen atoms in total. The van der Waals surface area contributed by atoms with Gasteiger partial charge >= 0.3 is 0 Å². The fourth-order valence-corrected chi connectivity index (χ4v) is 3.11. The Hall–Kier alpha value is -2.57. The second-order valence-corrected chi connectivity index (χ2v) is 6.25. The van der Waals surface area contributed by atoms with Crippen LogP contribution in [0.4, 0.5) is 10.2 Å². The van der Waals surface area contributed by atoms with E-state index in [1.54, 1.807) is 19.3 Å². The van der Waals surface area contributed by atoms with Crippen LogP contribution in [0.3, 0.4) is 0 Å². The molecule has 1 atom stereocenters. The molecular formula is C18H24FN5O. The van der Waals surface area contributed by atoms with Crippen LogP contribution in [0.5, 0.6) is 0 Å². The molecule has 0 amide bonds. The van der Waals surface area contributed by atoms with Gasteiger partial charge in [-0.2, -0.15) is 0 Å². The van der Waals surface area contributed by atoms with E-state index in [-0.39, 0.29) is 11.9 Å². The summed E-state index contributed by atoms with van der Waals surface area (Å²) < 4.78 is 19.4. The number of furan rings is 1. The molecule has 0 saturated carbocycles. The summed E-state index contributed by atoms with van der Waals surface area (Å²) in [7, 11) is 1.74. The summed E-state index contributed by atoms with van der Waals surface area (Å²) in [5.41, 5.74) is 1.11. The maximum absolute atomic E-state index is 13.9. The predicted molar refractivity (Wildman–Crippen MR) is 96.3 cm³/mol. The highest BCUT2D eigenvalue weighted by molar-refractivity contribution is 5.80. The minimum atomic E-state index is -0.281. The third kappa shape index (κ3) is 4.10. The second-order valence-electron chi connectivity index (χ2n) is 6.25. The van der Waals surface area contributed by atoms with Crippen LogP contribution in [0.1, 0.15) is 23.5 Å². The normalized spacial score (nSPS) is 17.8. The van der Waals surface area contributed by atoms with E-state index in [9.17, 15) is 4.39 Å². The summed E-state index contributed by atoms with van der Waals surface area (Å²) in [4.78, 5) is 10.4. The van der Waals surface area contributed by atoms with E-state index in [4.69, 9.17) is 4.42 Å². The minimum Gasteiger partial charge on any atom is -0.466 e. The van der Waals surface area contributed by atoms with Crippen molar-refractivity contribution in [2.45, 2.75) is 32.9 Å². The number of anilines is 1. The molecule has 3 rings (SSSR count). The van der Waals surface area contributed by atoms with E-state index in [1.165, 1.54) is 6.07 Å². The number of aryl methyl sites for hydroxylation is 2. The van der Waals surface area contributed by atoms with E-state index in [2.05, 4.69) is 20.6 Å². The number of hydrogen-bond donors (Lipinski definition) is 2. The topological polar surface area (TPSA) is 65.7 Å². The molecule has 134 valence electrons. The first-order chi connectivity index (χ1) is 12.1. The van der Waals surface area contributed by atoms with Crippen LogP contribution in [0.2, 0.25) is 0 Å². The zero-order valence-electron chi connectivity index (χ0n) is 14.8. The number of hydrogen-bond acceptors (Lipinski definition) is 4. The van der Waals surface area contributed by atoms with Crippen molar-refractivity contribution >= 4 is 11.8 Å². The van der Waals surface area contributed by atoms with Crippen LogP contribution in [-0.2, 0) is 6.54 Å². The lowest BCUT2D eigenvalue weighted by Crippen LogP contribution is -2.44. The molecule has 1 aliphatic rings. The van der Waals surface area contributed by atoms with Gasteiger partial charge in [0.25, 0.3) is 0 Å². The zero-order valence-corrected chi connectivity index (χ0v) is 14.8. The summed E-state index contributed by atoms with van der Waals surface area (Å²) in [6, 6.07) is 5.27. The Morgan fingerprint density at radius 1 is 1.48 bits per heavy atom. The number of aromatic nitrogens is 1. The van der Waals surface area contributed by atoms with Gasteiger partial charge in [0, 0.05) is 44.5 Å². The molecule has 0 spiro atoms. The molecule has 1 aliphatic heterocycles. The van der Waals surface area contributed by atoms with E-state index in [0.29, 0.717) is 18.9 Å². The molecule has 2 aromatic heterocycles. The number of halogens is 1. The van der Waals surface area contributed by atoms with Crippen molar-refractivity contribution in [3.8, 4) is 0 Å². The lowest BCUT2D eigenvalue weighted by Gasteiger charge is -2.19. The van der Waals surface area contributed by atoms with Crippen LogP contribution < -0.4 is 15.5 Å². The standard InChI is InChI=1S/C18H24FN5O/c1-12-9-14(13(2)25-12)10-22-18(20-3)23-15-6-8-24(11-15)17-16(19)5-4-7-21-17/h4-5,7,9,15H,6,8,10-11H2,1-3H3,(H2,20,22,23). The third-order valence-electron chi connectivity index (χ3n) is 4.38. The maximum Gasteiger partial charge on any atom is 0.191 e. The Kier molecular flexibility index (Phi) is 5.21. The first kappa shape index (κ1) is 17.3. The SMILES string of the molecule is CN=C(NCc1cc(C)oc1C)NC1CCN(c2ncccc2F)C1. The summed E-state index contributed by atoms with van der Waals surface area (Å²) in [5.74, 6) is 2.68. The molecule has 3 heterocycles. The van der Waals surface area contributed by atoms with Crippen molar-refractivity contribution < 1.29 is 8.81 Å². The van der Waals surface area contributed by atoms with Gasteiger partial charge in [-0.15, -0.1) is 0 Å². The molecule has 1 unspecified atom stereocenters. The number of nitrogens with zero attached hydrogens (tertiary/aromatic N) is 3. The lowest BCUT2D eigenvalue weighted by atomic mass is 10.2. The van der Waals surface area contributed by atoms with Gasteiger partial charge in [0.2, 0.25) is 0 Å². The van der Waals surface area contributed by atoms with Crippen molar-refractivity contribution in [3.63, 3.8) is 0 Å². The van der Waals surface area contributed by atoms with Gasteiger partial charge in [-0.05, 0) is 38.5 Å². The largest absolute Gasteiger partial charge is 0.466 e. The Morgan fingerprint density at radius 2 is 2.32 bits per heavy atom. The number of rotatable bonds is 4. The molecule has 2 aromatic rings. The molecule has 25 heavy (non-hydrogen) atoms. The van der Waals surface area contributed by atoms with Crippen LogP contribution in [0.25, 0.3) is 0 Å². The van der Waals surface area contributed by atoms with Crippen molar-refractivity contribution in [3.05, 3.63) is 47.3 Å². The average Bonchev–Trinajstić information content (AvgIpc) is 3.18. The van der Waals surface area contributed by atoms with Crippen LogP contribution in [-0.4, -0.2) is 37.1 Å². The number of aliphatic imine (C=N–C) groups is 1. The number of nitrogens with one attached hydrogen (secondary N) is 2. The fourth-order valence-electron chi connectivity index (χ4n) is 3.11. The van der Waals surface area contributed by atoms with Gasteiger partial charge in [-0.25, -0.2) is 9.37 Å². The van der Waals surface area contributed by atoms with Gasteiger partial charge in [0.05, 0.1) is 0 Å². The smallest absolute Gasteiger partial charge is 0.191 e. The van der Waals surface area contributed by atoms with Crippen LogP contribution in [0.15, 0.2) is 33.8 Å². The van der Waals surface area contributed by atoms with E-state index in [0.717, 1.165) is 36.0 Å². The Bertz CT molecular complexity index is 758. The minimum absolute atomic E-state index is 0.194. The fraction of sp³-hybridized carbons (Fsp3) is 0.444. The quantitative estimate of drug-likeness (QED) is 0.658. The molecule has 1 saturated heterocycles. The maximum atomic E-state index is 13.9. The van der Waals surface area contributed by atoms with E-state index < -0.39 is 0 Å². The molecule has 7 heteroatoms. The molecule has 0 bridgehead atoms. The Labute approximate surface area is 147 Å². The van der Waals surface area contributed by atoms with Crippen LogP contribution in [0, 0.1) is 19.7 Å². The predicted octanol–water partition coefficient (Wildman–Crippen LogP) is 2.37. The van der Waals surface area contributed by atoms with Crippen molar-refractivity contribution in [1.82, 2.24) is 15.6 Å². The average molecular weight is 345 g/mol. The van der Waals surface area contributed by atoms with Gasteiger partial charge < -0.3 is 20.0 Å². The second kappa shape index (κ2) is 7.55. The Morgan fingerprint density at radius 3 is 3.00 bits per heavy atom. The number of pyridine rings is 1. The molecule has 2 N–H and O–H groups in total.